The topological polar surface area (TPSA) is 92.5 Å². The zero-order chi connectivity index (χ0) is 20.4. The summed E-state index contributed by atoms with van der Waals surface area (Å²) < 4.78 is 23.4. The Kier molecular flexibility index (Phi) is 7.00. The van der Waals surface area contributed by atoms with Crippen molar-refractivity contribution < 1.29 is 13.2 Å². The van der Waals surface area contributed by atoms with Gasteiger partial charge in [0.25, 0.3) is 5.91 Å². The number of nitrogens with zero attached hydrogens (tertiary/aromatic N) is 1. The van der Waals surface area contributed by atoms with Crippen molar-refractivity contribution in [1.82, 2.24) is 10.2 Å². The molecule has 0 aromatic heterocycles. The van der Waals surface area contributed by atoms with Crippen LogP contribution in [0.4, 0.5) is 0 Å². The van der Waals surface area contributed by atoms with Crippen molar-refractivity contribution in [2.45, 2.75) is 50.6 Å². The van der Waals surface area contributed by atoms with Crippen molar-refractivity contribution in [2.24, 2.45) is 5.73 Å². The molecule has 6 nitrogen and oxygen atoms in total. The lowest BCUT2D eigenvalue weighted by Gasteiger charge is -2.51. The van der Waals surface area contributed by atoms with Gasteiger partial charge in [-0.3, -0.25) is 10.1 Å². The maximum Gasteiger partial charge on any atom is 0.254 e. The largest absolute Gasteiger partial charge is 0.330 e. The molecule has 152 valence electrons. The van der Waals surface area contributed by atoms with Crippen LogP contribution in [0, 0.1) is 13.8 Å². The Morgan fingerprint density at radius 1 is 1.44 bits per heavy atom. The standard InChI is InChI=1S/C19H31N3O3S2/c1-5-16(26)17-19(20,9-12-27(4,24)25)21-10-11-22(17)18(23)15-8-6-7-13(2)14(15)3/h6-8,16-17,21,26H,5,9-12,20H2,1-4H3. The van der Waals surface area contributed by atoms with Crippen LogP contribution in [0.15, 0.2) is 18.2 Å². The van der Waals surface area contributed by atoms with Gasteiger partial charge in [0, 0.05) is 30.2 Å². The summed E-state index contributed by atoms with van der Waals surface area (Å²) in [4.78, 5) is 15.2. The van der Waals surface area contributed by atoms with Gasteiger partial charge in [-0.1, -0.05) is 19.1 Å². The highest BCUT2D eigenvalue weighted by Gasteiger charge is 2.46. The van der Waals surface area contributed by atoms with Gasteiger partial charge >= 0.3 is 0 Å². The SMILES string of the molecule is CCC(S)C1N(C(=O)c2cccc(C)c2C)CCNC1(N)CCS(C)(=O)=O. The monoisotopic (exact) mass is 413 g/mol. The molecule has 3 N–H and O–H groups in total. The average Bonchev–Trinajstić information content (AvgIpc) is 2.60. The number of benzene rings is 1. The van der Waals surface area contributed by atoms with E-state index in [1.807, 2.05) is 39.0 Å². The number of piperazine rings is 1. The summed E-state index contributed by atoms with van der Waals surface area (Å²) in [5, 5.41) is 3.10. The van der Waals surface area contributed by atoms with Crippen molar-refractivity contribution in [3.63, 3.8) is 0 Å². The maximum absolute atomic E-state index is 13.4. The van der Waals surface area contributed by atoms with E-state index in [4.69, 9.17) is 18.4 Å². The molecule has 1 saturated heterocycles. The van der Waals surface area contributed by atoms with Gasteiger partial charge in [-0.05, 0) is 43.9 Å². The highest BCUT2D eigenvalue weighted by atomic mass is 32.2. The van der Waals surface area contributed by atoms with Gasteiger partial charge in [-0.15, -0.1) is 0 Å². The minimum absolute atomic E-state index is 0.0390. The van der Waals surface area contributed by atoms with Crippen molar-refractivity contribution >= 4 is 28.4 Å². The summed E-state index contributed by atoms with van der Waals surface area (Å²) in [5.41, 5.74) is 8.30. The molecule has 0 bridgehead atoms. The first-order valence-electron chi connectivity index (χ1n) is 9.27. The van der Waals surface area contributed by atoms with E-state index in [1.54, 1.807) is 4.90 Å². The number of hydrogen-bond acceptors (Lipinski definition) is 6. The Morgan fingerprint density at radius 2 is 2.11 bits per heavy atom. The van der Waals surface area contributed by atoms with Crippen molar-refractivity contribution in [2.75, 3.05) is 25.1 Å². The molecule has 1 aliphatic heterocycles. The van der Waals surface area contributed by atoms with Crippen LogP contribution in [0.1, 0.15) is 41.3 Å². The smallest absolute Gasteiger partial charge is 0.254 e. The Hall–Kier alpha value is -1.09. The number of carbonyl (C=O) groups is 1. The number of thiol groups is 1. The predicted molar refractivity (Wildman–Crippen MR) is 113 cm³/mol. The molecule has 0 radical (unpaired) electrons. The summed E-state index contributed by atoms with van der Waals surface area (Å²) >= 11 is 4.70. The van der Waals surface area contributed by atoms with Crippen LogP contribution in [-0.4, -0.2) is 61.3 Å². The molecule has 1 aliphatic rings. The lowest BCUT2D eigenvalue weighted by Crippen LogP contribution is -2.75. The lowest BCUT2D eigenvalue weighted by atomic mass is 9.88. The van der Waals surface area contributed by atoms with Crippen LogP contribution in [0.3, 0.4) is 0 Å². The molecule has 1 heterocycles. The fraction of sp³-hybridized carbons (Fsp3) is 0.632. The third-order valence-corrected chi connectivity index (χ3v) is 7.03. The number of hydrogen-bond donors (Lipinski definition) is 3. The lowest BCUT2D eigenvalue weighted by molar-refractivity contribution is 0.0355. The third-order valence-electron chi connectivity index (χ3n) is 5.44. The van der Waals surface area contributed by atoms with E-state index in [1.165, 1.54) is 6.26 Å². The van der Waals surface area contributed by atoms with E-state index in [9.17, 15) is 13.2 Å². The molecule has 1 aromatic rings. The second-order valence-corrected chi connectivity index (χ2v) is 10.4. The van der Waals surface area contributed by atoms with E-state index in [2.05, 4.69) is 5.32 Å². The first-order chi connectivity index (χ1) is 12.5. The van der Waals surface area contributed by atoms with Crippen molar-refractivity contribution in [1.29, 1.82) is 0 Å². The third kappa shape index (κ3) is 5.04. The number of carbonyl (C=O) groups excluding carboxylic acids is 1. The number of amides is 1. The van der Waals surface area contributed by atoms with Gasteiger partial charge in [0.1, 0.15) is 9.84 Å². The fourth-order valence-corrected chi connectivity index (χ4v) is 4.80. The zero-order valence-electron chi connectivity index (χ0n) is 16.5. The first kappa shape index (κ1) is 22.2. The van der Waals surface area contributed by atoms with Gasteiger partial charge < -0.3 is 10.6 Å². The van der Waals surface area contributed by atoms with Crippen molar-refractivity contribution in [3.05, 3.63) is 34.9 Å². The molecule has 0 aliphatic carbocycles. The highest BCUT2D eigenvalue weighted by molar-refractivity contribution is 7.90. The molecular formula is C19H31N3O3S2. The summed E-state index contributed by atoms with van der Waals surface area (Å²) in [6.45, 7) is 6.93. The summed E-state index contributed by atoms with van der Waals surface area (Å²) in [7, 11) is -3.17. The Balaban J connectivity index is 2.41. The summed E-state index contributed by atoms with van der Waals surface area (Å²) in [6.07, 6.45) is 2.14. The minimum Gasteiger partial charge on any atom is -0.330 e. The molecule has 1 amide bonds. The molecule has 3 atom stereocenters. The quantitative estimate of drug-likeness (QED) is 0.615. The average molecular weight is 414 g/mol. The zero-order valence-corrected chi connectivity index (χ0v) is 18.2. The number of nitrogens with two attached hydrogens (primary N) is 1. The van der Waals surface area contributed by atoms with Gasteiger partial charge in [0.2, 0.25) is 0 Å². The van der Waals surface area contributed by atoms with E-state index in [-0.39, 0.29) is 23.3 Å². The number of nitrogens with one attached hydrogen (secondary N) is 1. The maximum atomic E-state index is 13.4. The number of aryl methyl sites for hydroxylation is 1. The van der Waals surface area contributed by atoms with Crippen molar-refractivity contribution in [3.8, 4) is 0 Å². The predicted octanol–water partition coefficient (Wildman–Crippen LogP) is 1.52. The molecular weight excluding hydrogens is 382 g/mol. The highest BCUT2D eigenvalue weighted by Crippen LogP contribution is 2.29. The second kappa shape index (κ2) is 8.51. The summed E-state index contributed by atoms with van der Waals surface area (Å²) in [5.74, 6) is -0.118. The fourth-order valence-electron chi connectivity index (χ4n) is 3.66. The molecule has 3 unspecified atom stereocenters. The molecule has 1 fully saturated rings. The second-order valence-electron chi connectivity index (χ2n) is 7.51. The van der Waals surface area contributed by atoms with E-state index >= 15 is 0 Å². The van der Waals surface area contributed by atoms with Crippen LogP contribution >= 0.6 is 12.6 Å². The molecule has 2 rings (SSSR count). The molecule has 27 heavy (non-hydrogen) atoms. The van der Waals surface area contributed by atoms with Crippen LogP contribution < -0.4 is 11.1 Å². The Morgan fingerprint density at radius 3 is 2.70 bits per heavy atom. The van der Waals surface area contributed by atoms with Gasteiger partial charge in [-0.2, -0.15) is 12.6 Å². The van der Waals surface area contributed by atoms with E-state index in [0.29, 0.717) is 25.1 Å². The van der Waals surface area contributed by atoms with Crippen LogP contribution in [0.2, 0.25) is 0 Å². The summed E-state index contributed by atoms with van der Waals surface area (Å²) in [6, 6.07) is 5.28. The molecule has 0 spiro atoms. The number of sulfone groups is 1. The van der Waals surface area contributed by atoms with E-state index in [0.717, 1.165) is 11.1 Å². The first-order valence-corrected chi connectivity index (χ1v) is 11.8. The molecule has 8 heteroatoms. The van der Waals surface area contributed by atoms with Crippen LogP contribution in [-0.2, 0) is 9.84 Å². The Labute approximate surface area is 168 Å². The Bertz CT molecular complexity index is 797. The number of rotatable bonds is 6. The van der Waals surface area contributed by atoms with Gasteiger partial charge in [0.15, 0.2) is 0 Å². The normalized spacial score (nSPS) is 24.7. The van der Waals surface area contributed by atoms with Crippen LogP contribution in [0.25, 0.3) is 0 Å². The van der Waals surface area contributed by atoms with Gasteiger partial charge in [-0.25, -0.2) is 8.42 Å². The van der Waals surface area contributed by atoms with Gasteiger partial charge in [0.05, 0.1) is 17.5 Å². The molecule has 1 aromatic carbocycles. The van der Waals surface area contributed by atoms with E-state index < -0.39 is 21.5 Å². The van der Waals surface area contributed by atoms with Crippen LogP contribution in [0.5, 0.6) is 0 Å². The molecule has 0 saturated carbocycles. The minimum atomic E-state index is -3.17.